The Balaban J connectivity index is 0.00000400. The average molecular weight is 336 g/mol. The van der Waals surface area contributed by atoms with Crippen molar-refractivity contribution in [2.45, 2.75) is 39.2 Å². The molecule has 0 spiro atoms. The maximum atomic E-state index is 12.9. The second-order valence-corrected chi connectivity index (χ2v) is 5.64. The van der Waals surface area contributed by atoms with Gasteiger partial charge in [0.25, 0.3) is 0 Å². The highest BCUT2D eigenvalue weighted by molar-refractivity contribution is 5.85. The Morgan fingerprint density at radius 2 is 1.38 bits per heavy atom. The quantitative estimate of drug-likeness (QED) is 0.702. The second-order valence-electron chi connectivity index (χ2n) is 5.64. The Morgan fingerprint density at radius 1 is 0.905 bits per heavy atom. The van der Waals surface area contributed by atoms with Gasteiger partial charge in [0, 0.05) is 6.04 Å². The number of alkyl halides is 6. The van der Waals surface area contributed by atoms with Crippen LogP contribution in [0.5, 0.6) is 0 Å². The lowest BCUT2D eigenvalue weighted by Crippen LogP contribution is -2.29. The normalized spacial score (nSPS) is 14.6. The molecule has 0 aliphatic heterocycles. The second kappa shape index (κ2) is 6.04. The number of benzene rings is 1. The Kier molecular flexibility index (Phi) is 5.77. The lowest BCUT2D eigenvalue weighted by molar-refractivity contribution is -0.142. The maximum Gasteiger partial charge on any atom is 0.416 e. The molecule has 0 saturated carbocycles. The zero-order valence-corrected chi connectivity index (χ0v) is 12.4. The fourth-order valence-electron chi connectivity index (χ4n) is 1.72. The molecule has 0 aliphatic rings. The summed E-state index contributed by atoms with van der Waals surface area (Å²) >= 11 is 0. The van der Waals surface area contributed by atoms with Gasteiger partial charge in [-0.05, 0) is 29.2 Å². The molecule has 0 amide bonds. The number of halogens is 7. The molecule has 1 aromatic rings. The first kappa shape index (κ1) is 20.1. The van der Waals surface area contributed by atoms with E-state index in [4.69, 9.17) is 5.73 Å². The van der Waals surface area contributed by atoms with Gasteiger partial charge in [-0.1, -0.05) is 20.8 Å². The summed E-state index contributed by atoms with van der Waals surface area (Å²) in [5, 5.41) is 0. The van der Waals surface area contributed by atoms with Crippen LogP contribution in [0.3, 0.4) is 0 Å². The van der Waals surface area contributed by atoms with Crippen molar-refractivity contribution in [1.29, 1.82) is 0 Å². The number of hydrogen-bond donors (Lipinski definition) is 1. The van der Waals surface area contributed by atoms with Crippen molar-refractivity contribution in [3.05, 3.63) is 34.9 Å². The highest BCUT2D eigenvalue weighted by Crippen LogP contribution is 2.41. The third-order valence-electron chi connectivity index (χ3n) is 2.95. The van der Waals surface area contributed by atoms with Crippen LogP contribution in [0.1, 0.15) is 43.5 Å². The third kappa shape index (κ3) is 4.78. The van der Waals surface area contributed by atoms with Gasteiger partial charge in [0.2, 0.25) is 0 Å². The number of hydrogen-bond acceptors (Lipinski definition) is 1. The first-order valence-corrected chi connectivity index (χ1v) is 5.78. The number of nitrogens with two attached hydrogens (primary N) is 1. The van der Waals surface area contributed by atoms with E-state index in [2.05, 4.69) is 0 Å². The highest BCUT2D eigenvalue weighted by Gasteiger charge is 2.39. The van der Waals surface area contributed by atoms with Crippen LogP contribution in [0.15, 0.2) is 18.2 Å². The molecule has 0 bridgehead atoms. The molecule has 1 atom stereocenters. The Hall–Kier alpha value is -0.950. The minimum absolute atomic E-state index is 0. The average Bonchev–Trinajstić information content (AvgIpc) is 2.23. The van der Waals surface area contributed by atoms with Crippen LogP contribution in [0, 0.1) is 5.41 Å². The lowest BCUT2D eigenvalue weighted by Gasteiger charge is -2.30. The maximum absolute atomic E-state index is 12.9. The van der Waals surface area contributed by atoms with E-state index in [1.54, 1.807) is 20.8 Å². The molecule has 0 fully saturated rings. The summed E-state index contributed by atoms with van der Waals surface area (Å²) < 4.78 is 76.6. The standard InChI is InChI=1S/C13H15F6N.ClH/c1-11(2,3)10(20)8-6-7(12(14,15)16)4-5-9(8)13(17,18)19;/h4-6,10H,20H2,1-3H3;1H/t10-;/m1./s1. The predicted molar refractivity (Wildman–Crippen MR) is 70.1 cm³/mol. The molecule has 0 radical (unpaired) electrons. The van der Waals surface area contributed by atoms with Crippen LogP contribution in [0.25, 0.3) is 0 Å². The van der Waals surface area contributed by atoms with Crippen LogP contribution in [0.2, 0.25) is 0 Å². The van der Waals surface area contributed by atoms with Gasteiger partial charge >= 0.3 is 12.4 Å². The highest BCUT2D eigenvalue weighted by atomic mass is 35.5. The van der Waals surface area contributed by atoms with Gasteiger partial charge in [0.05, 0.1) is 11.1 Å². The Labute approximate surface area is 124 Å². The van der Waals surface area contributed by atoms with Gasteiger partial charge in [0.1, 0.15) is 0 Å². The topological polar surface area (TPSA) is 26.0 Å². The minimum Gasteiger partial charge on any atom is -0.323 e. The van der Waals surface area contributed by atoms with E-state index < -0.39 is 40.5 Å². The molecule has 2 N–H and O–H groups in total. The molecule has 122 valence electrons. The molecule has 0 saturated heterocycles. The summed E-state index contributed by atoms with van der Waals surface area (Å²) in [5.41, 5.74) is 2.10. The summed E-state index contributed by atoms with van der Waals surface area (Å²) in [6.45, 7) is 4.70. The van der Waals surface area contributed by atoms with Gasteiger partial charge in [-0.15, -0.1) is 12.4 Å². The van der Waals surface area contributed by atoms with Crippen LogP contribution < -0.4 is 5.73 Å². The van der Waals surface area contributed by atoms with Crippen molar-refractivity contribution in [1.82, 2.24) is 0 Å². The summed E-state index contributed by atoms with van der Waals surface area (Å²) in [4.78, 5) is 0. The van der Waals surface area contributed by atoms with E-state index in [0.717, 1.165) is 0 Å². The molecule has 0 unspecified atom stereocenters. The molecular weight excluding hydrogens is 320 g/mol. The van der Waals surface area contributed by atoms with Crippen molar-refractivity contribution in [2.24, 2.45) is 11.1 Å². The summed E-state index contributed by atoms with van der Waals surface area (Å²) in [7, 11) is 0. The largest absolute Gasteiger partial charge is 0.416 e. The van der Waals surface area contributed by atoms with E-state index in [1.165, 1.54) is 0 Å². The summed E-state index contributed by atoms with van der Waals surface area (Å²) in [6.07, 6.45) is -9.46. The zero-order chi connectivity index (χ0) is 15.9. The van der Waals surface area contributed by atoms with E-state index in [-0.39, 0.29) is 12.4 Å². The molecule has 8 heteroatoms. The smallest absolute Gasteiger partial charge is 0.323 e. The van der Waals surface area contributed by atoms with Crippen molar-refractivity contribution in [3.8, 4) is 0 Å². The zero-order valence-electron chi connectivity index (χ0n) is 11.6. The van der Waals surface area contributed by atoms with Gasteiger partial charge in [-0.25, -0.2) is 0 Å². The van der Waals surface area contributed by atoms with Gasteiger partial charge in [-0.3, -0.25) is 0 Å². The first-order valence-electron chi connectivity index (χ1n) is 5.78. The van der Waals surface area contributed by atoms with Crippen molar-refractivity contribution in [2.75, 3.05) is 0 Å². The van der Waals surface area contributed by atoms with E-state index >= 15 is 0 Å². The summed E-state index contributed by atoms with van der Waals surface area (Å²) in [5.74, 6) is 0. The first-order chi connectivity index (χ1) is 8.74. The van der Waals surface area contributed by atoms with E-state index in [1.807, 2.05) is 0 Å². The SMILES string of the molecule is CC(C)(C)[C@H](N)c1cc(C(F)(F)F)ccc1C(F)(F)F.Cl. The fraction of sp³-hybridized carbons (Fsp3) is 0.538. The molecule has 1 rings (SSSR count). The Bertz CT molecular complexity index is 487. The minimum atomic E-state index is -4.75. The summed E-state index contributed by atoms with van der Waals surface area (Å²) in [6, 6.07) is 0.172. The third-order valence-corrected chi connectivity index (χ3v) is 2.95. The Morgan fingerprint density at radius 3 is 1.71 bits per heavy atom. The predicted octanol–water partition coefficient (Wildman–Crippen LogP) is 5.19. The molecule has 1 nitrogen and oxygen atoms in total. The van der Waals surface area contributed by atoms with Gasteiger partial charge in [0.15, 0.2) is 0 Å². The van der Waals surface area contributed by atoms with E-state index in [9.17, 15) is 26.3 Å². The van der Waals surface area contributed by atoms with E-state index in [0.29, 0.717) is 18.2 Å². The van der Waals surface area contributed by atoms with Crippen molar-refractivity contribution >= 4 is 12.4 Å². The molecule has 1 aromatic carbocycles. The van der Waals surface area contributed by atoms with Crippen LogP contribution >= 0.6 is 12.4 Å². The van der Waals surface area contributed by atoms with Gasteiger partial charge in [-0.2, -0.15) is 26.3 Å². The van der Waals surface area contributed by atoms with Gasteiger partial charge < -0.3 is 5.73 Å². The van der Waals surface area contributed by atoms with Crippen molar-refractivity contribution < 1.29 is 26.3 Å². The van der Waals surface area contributed by atoms with Crippen molar-refractivity contribution in [3.63, 3.8) is 0 Å². The number of rotatable bonds is 1. The molecular formula is C13H16ClF6N. The molecule has 0 aromatic heterocycles. The molecule has 21 heavy (non-hydrogen) atoms. The fourth-order valence-corrected chi connectivity index (χ4v) is 1.72. The molecule has 0 heterocycles. The van der Waals surface area contributed by atoms with Crippen LogP contribution in [-0.2, 0) is 12.4 Å². The lowest BCUT2D eigenvalue weighted by atomic mass is 9.80. The van der Waals surface area contributed by atoms with Crippen LogP contribution in [-0.4, -0.2) is 0 Å². The monoisotopic (exact) mass is 335 g/mol. The van der Waals surface area contributed by atoms with Crippen LogP contribution in [0.4, 0.5) is 26.3 Å². The molecule has 0 aliphatic carbocycles.